The van der Waals surface area contributed by atoms with Crippen LogP contribution in [0, 0.1) is 23.1 Å². The molecule has 11 heteroatoms. The van der Waals surface area contributed by atoms with E-state index >= 15 is 4.39 Å². The van der Waals surface area contributed by atoms with Crippen molar-refractivity contribution in [1.82, 2.24) is 0 Å². The second kappa shape index (κ2) is 9.87. The van der Waals surface area contributed by atoms with Gasteiger partial charge in [0.05, 0.1) is 30.0 Å². The molecule has 0 radical (unpaired) electrons. The number of nitrogens with one attached hydrogen (secondary N) is 2. The van der Waals surface area contributed by atoms with E-state index < -0.39 is 34.6 Å². The lowest BCUT2D eigenvalue weighted by Gasteiger charge is -2.19. The first-order valence-electron chi connectivity index (χ1n) is 13.0. The Kier molecular flexibility index (Phi) is 6.93. The molecule has 3 N–H and O–H groups in total. The number of carbonyl (C=O) groups excluding carboxylic acids is 1. The molecule has 0 bridgehead atoms. The lowest BCUT2D eigenvalue weighted by molar-refractivity contribution is -0.286. The van der Waals surface area contributed by atoms with Gasteiger partial charge in [0, 0.05) is 23.6 Å². The number of alkyl halides is 2. The lowest BCUT2D eigenvalue weighted by Crippen LogP contribution is -2.28. The average Bonchev–Trinajstić information content (AvgIpc) is 3.53. The summed E-state index contributed by atoms with van der Waals surface area (Å²) in [4.78, 5) is 13.4. The van der Waals surface area contributed by atoms with Crippen LogP contribution in [0.3, 0.4) is 0 Å². The first-order chi connectivity index (χ1) is 18.7. The summed E-state index contributed by atoms with van der Waals surface area (Å²) in [7, 11) is 0. The Morgan fingerprint density at radius 1 is 1.12 bits per heavy atom. The van der Waals surface area contributed by atoms with Crippen molar-refractivity contribution in [2.75, 3.05) is 30.4 Å². The molecule has 3 aliphatic rings. The first kappa shape index (κ1) is 28.1. The number of fused-ring (bicyclic) bond motifs is 1. The van der Waals surface area contributed by atoms with Gasteiger partial charge in [0.2, 0.25) is 5.91 Å². The molecule has 1 amide bonds. The van der Waals surface area contributed by atoms with Crippen molar-refractivity contribution in [3.05, 3.63) is 47.3 Å². The summed E-state index contributed by atoms with van der Waals surface area (Å²) in [5.41, 5.74) is -0.543. The van der Waals surface area contributed by atoms with Gasteiger partial charge in [0.25, 0.3) is 0 Å². The monoisotopic (exact) mass is 560 g/mol. The number of hydrogen-bond acceptors (Lipinski definition) is 7. The summed E-state index contributed by atoms with van der Waals surface area (Å²) >= 11 is 0. The second-order valence-corrected chi connectivity index (χ2v) is 11.4. The van der Waals surface area contributed by atoms with E-state index in [0.29, 0.717) is 42.8 Å². The van der Waals surface area contributed by atoms with Crippen LogP contribution in [-0.2, 0) is 19.7 Å². The highest BCUT2D eigenvalue weighted by molar-refractivity contribution is 6.02. The molecule has 2 aliphatic heterocycles. The van der Waals surface area contributed by atoms with Gasteiger partial charge in [-0.25, -0.2) is 4.39 Å². The molecule has 2 aromatic carbocycles. The maximum atomic E-state index is 15.3. The minimum absolute atomic E-state index is 0.0817. The lowest BCUT2D eigenvalue weighted by atomic mass is 9.94. The second-order valence-electron chi connectivity index (χ2n) is 11.4. The first-order valence-corrected chi connectivity index (χ1v) is 13.0. The molecule has 2 aromatic rings. The zero-order chi connectivity index (χ0) is 28.9. The minimum atomic E-state index is -3.77. The van der Waals surface area contributed by atoms with E-state index in [1.54, 1.807) is 13.8 Å². The Bertz CT molecular complexity index is 1390. The molecule has 0 unspecified atom stereocenters. The highest BCUT2D eigenvalue weighted by atomic mass is 19.3. The van der Waals surface area contributed by atoms with E-state index in [2.05, 4.69) is 31.9 Å². The smallest absolute Gasteiger partial charge is 0.395 e. The van der Waals surface area contributed by atoms with Gasteiger partial charge in [0.1, 0.15) is 11.9 Å². The van der Waals surface area contributed by atoms with Crippen LogP contribution in [0.5, 0.6) is 11.5 Å². The van der Waals surface area contributed by atoms with Crippen molar-refractivity contribution in [3.8, 4) is 23.3 Å². The molecular formula is C29H31F3N2O6. The minimum Gasteiger partial charge on any atom is -0.395 e. The van der Waals surface area contributed by atoms with Crippen molar-refractivity contribution in [2.45, 2.75) is 64.1 Å². The number of ether oxygens (including phenoxy) is 4. The van der Waals surface area contributed by atoms with Crippen molar-refractivity contribution in [3.63, 3.8) is 0 Å². The third kappa shape index (κ3) is 5.84. The molecule has 8 nitrogen and oxygen atoms in total. The largest absolute Gasteiger partial charge is 0.586 e. The fourth-order valence-electron chi connectivity index (χ4n) is 4.54. The normalized spacial score (nSPS) is 21.4. The predicted octanol–water partition coefficient (Wildman–Crippen LogP) is 4.75. The van der Waals surface area contributed by atoms with E-state index in [1.165, 1.54) is 30.3 Å². The van der Waals surface area contributed by atoms with Gasteiger partial charge in [-0.3, -0.25) is 4.79 Å². The zero-order valence-electron chi connectivity index (χ0n) is 22.6. The van der Waals surface area contributed by atoms with Crippen LogP contribution >= 0.6 is 0 Å². The SMILES string of the molecule is CC(C)(C#Cc1cc(NC(=O)C2(c3ccc4c(c3)OC(F)(F)O4)CC2)c(F)cc1NC[C@@H]1COC(C)(C)O1)CO. The van der Waals surface area contributed by atoms with Crippen LogP contribution in [0.4, 0.5) is 24.5 Å². The number of halogens is 3. The third-order valence-electron chi connectivity index (χ3n) is 7.01. The summed E-state index contributed by atoms with van der Waals surface area (Å²) in [6.45, 7) is 7.67. The highest BCUT2D eigenvalue weighted by Gasteiger charge is 2.53. The highest BCUT2D eigenvalue weighted by Crippen LogP contribution is 2.52. The molecule has 2 fully saturated rings. The van der Waals surface area contributed by atoms with E-state index in [9.17, 15) is 18.7 Å². The summed E-state index contributed by atoms with van der Waals surface area (Å²) < 4.78 is 62.6. The molecule has 1 saturated heterocycles. The molecule has 0 spiro atoms. The molecule has 1 atom stereocenters. The number of carbonyl (C=O) groups is 1. The van der Waals surface area contributed by atoms with Crippen molar-refractivity contribution in [2.24, 2.45) is 5.41 Å². The summed E-state index contributed by atoms with van der Waals surface area (Å²) in [6.07, 6.45) is -3.13. The van der Waals surface area contributed by atoms with Gasteiger partial charge in [-0.1, -0.05) is 17.9 Å². The molecule has 40 heavy (non-hydrogen) atoms. The van der Waals surface area contributed by atoms with Crippen LogP contribution < -0.4 is 20.1 Å². The number of aliphatic hydroxyl groups is 1. The Labute approximate surface area is 230 Å². The quantitative estimate of drug-likeness (QED) is 0.421. The van der Waals surface area contributed by atoms with Crippen molar-refractivity contribution < 1.29 is 42.0 Å². The number of rotatable bonds is 7. The summed E-state index contributed by atoms with van der Waals surface area (Å²) in [6, 6.07) is 6.90. The molecular weight excluding hydrogens is 529 g/mol. The van der Waals surface area contributed by atoms with E-state index in [1.807, 2.05) is 13.8 Å². The Hall–Kier alpha value is -3.46. The van der Waals surface area contributed by atoms with Crippen LogP contribution in [0.25, 0.3) is 0 Å². The van der Waals surface area contributed by atoms with Crippen molar-refractivity contribution in [1.29, 1.82) is 0 Å². The fraction of sp³-hybridized carbons (Fsp3) is 0.483. The standard InChI is InChI=1S/C29H31F3N2O6/c1-26(2,16-35)8-7-17-11-22(20(30)13-21(17)33-14-19-15-37-27(3,4)38-19)34-25(36)28(9-10-28)18-5-6-23-24(12-18)40-29(31,32)39-23/h5-6,11-13,19,33,35H,9-10,14-16H2,1-4H3,(H,34,36)/t19-/m1/s1. The Morgan fingerprint density at radius 3 is 2.50 bits per heavy atom. The van der Waals surface area contributed by atoms with Gasteiger partial charge < -0.3 is 34.7 Å². The molecule has 214 valence electrons. The molecule has 2 heterocycles. The van der Waals surface area contributed by atoms with Gasteiger partial charge >= 0.3 is 6.29 Å². The van der Waals surface area contributed by atoms with Gasteiger partial charge in [0.15, 0.2) is 17.3 Å². The van der Waals surface area contributed by atoms with Crippen LogP contribution in [0.15, 0.2) is 30.3 Å². The zero-order valence-corrected chi connectivity index (χ0v) is 22.6. The van der Waals surface area contributed by atoms with Gasteiger partial charge in [-0.05, 0) is 64.3 Å². The summed E-state index contributed by atoms with van der Waals surface area (Å²) in [5.74, 6) is 3.82. The van der Waals surface area contributed by atoms with Crippen LogP contribution in [0.1, 0.15) is 51.7 Å². The maximum absolute atomic E-state index is 15.3. The van der Waals surface area contributed by atoms with E-state index in [0.717, 1.165) is 0 Å². The number of anilines is 2. The van der Waals surface area contributed by atoms with Gasteiger partial charge in [-0.2, -0.15) is 0 Å². The number of aliphatic hydroxyl groups excluding tert-OH is 1. The molecule has 5 rings (SSSR count). The van der Waals surface area contributed by atoms with E-state index in [-0.39, 0.29) is 29.9 Å². The van der Waals surface area contributed by atoms with Crippen LogP contribution in [-0.4, -0.2) is 49.0 Å². The number of hydrogen-bond donors (Lipinski definition) is 3. The van der Waals surface area contributed by atoms with E-state index in [4.69, 9.17) is 9.47 Å². The molecule has 0 aromatic heterocycles. The number of benzene rings is 2. The maximum Gasteiger partial charge on any atom is 0.586 e. The fourth-order valence-corrected chi connectivity index (χ4v) is 4.54. The van der Waals surface area contributed by atoms with Crippen LogP contribution in [0.2, 0.25) is 0 Å². The summed E-state index contributed by atoms with van der Waals surface area (Å²) in [5, 5.41) is 15.4. The molecule has 1 saturated carbocycles. The van der Waals surface area contributed by atoms with Gasteiger partial charge in [-0.15, -0.1) is 8.78 Å². The third-order valence-corrected chi connectivity index (χ3v) is 7.01. The Balaban J connectivity index is 1.38. The number of amides is 1. The Morgan fingerprint density at radius 2 is 1.85 bits per heavy atom. The topological polar surface area (TPSA) is 98.3 Å². The van der Waals surface area contributed by atoms with Crippen molar-refractivity contribution >= 4 is 17.3 Å². The predicted molar refractivity (Wildman–Crippen MR) is 140 cm³/mol. The molecule has 1 aliphatic carbocycles. The average molecular weight is 561 g/mol.